The number of nitrogens with one attached hydrogen (secondary N) is 2. The number of nitrogens with zero attached hydrogens (tertiary/aromatic N) is 1. The molecule has 0 bridgehead atoms. The van der Waals surface area contributed by atoms with E-state index < -0.39 is 0 Å². The minimum absolute atomic E-state index is 0.129. The van der Waals surface area contributed by atoms with Gasteiger partial charge in [-0.05, 0) is 31.5 Å². The molecule has 2 fully saturated rings. The van der Waals surface area contributed by atoms with Gasteiger partial charge in [-0.2, -0.15) is 0 Å². The molecule has 1 aromatic carbocycles. The third-order valence-corrected chi connectivity index (χ3v) is 4.91. The second kappa shape index (κ2) is 6.24. The molecular weight excluding hydrogens is 286 g/mol. The molecule has 2 heterocycles. The van der Waals surface area contributed by atoms with Crippen LogP contribution in [0.15, 0.2) is 18.2 Å². The number of hydrogen-bond acceptors (Lipinski definition) is 3. The van der Waals surface area contributed by atoms with E-state index in [0.717, 1.165) is 49.6 Å². The fourth-order valence-corrected chi connectivity index (χ4v) is 3.73. The van der Waals surface area contributed by atoms with Gasteiger partial charge in [0, 0.05) is 35.9 Å². The Labute approximate surface area is 130 Å². The molecule has 0 aliphatic carbocycles. The largest absolute Gasteiger partial charge is 0.366 e. The molecule has 2 unspecified atom stereocenters. The first kappa shape index (κ1) is 14.7. The number of carbonyl (C=O) groups is 1. The average Bonchev–Trinajstić information content (AvgIpc) is 2.88. The van der Waals surface area contributed by atoms with E-state index in [2.05, 4.69) is 28.5 Å². The quantitative estimate of drug-likeness (QED) is 0.896. The third-order valence-electron chi connectivity index (χ3n) is 4.56. The molecule has 4 nitrogen and oxygen atoms in total. The molecule has 3 rings (SSSR count). The Morgan fingerprint density at radius 2 is 2.33 bits per heavy atom. The average molecular weight is 308 g/mol. The van der Waals surface area contributed by atoms with Crippen molar-refractivity contribution in [1.29, 1.82) is 0 Å². The summed E-state index contributed by atoms with van der Waals surface area (Å²) in [6.07, 6.45) is 2.05. The minimum atomic E-state index is 0.129. The lowest BCUT2D eigenvalue weighted by atomic mass is 9.90. The van der Waals surface area contributed by atoms with E-state index >= 15 is 0 Å². The van der Waals surface area contributed by atoms with Gasteiger partial charge in [0.1, 0.15) is 0 Å². The molecule has 1 aromatic rings. The van der Waals surface area contributed by atoms with Gasteiger partial charge in [-0.15, -0.1) is 0 Å². The molecule has 0 saturated carbocycles. The first-order chi connectivity index (χ1) is 10.2. The van der Waals surface area contributed by atoms with Crippen molar-refractivity contribution in [2.75, 3.05) is 24.5 Å². The van der Waals surface area contributed by atoms with Gasteiger partial charge in [-0.25, -0.2) is 0 Å². The molecule has 0 radical (unpaired) electrons. The Morgan fingerprint density at radius 3 is 3.14 bits per heavy atom. The Hall–Kier alpha value is -1.26. The fourth-order valence-electron chi connectivity index (χ4n) is 3.49. The Morgan fingerprint density at radius 1 is 1.48 bits per heavy atom. The molecule has 2 atom stereocenters. The molecule has 5 heteroatoms. The van der Waals surface area contributed by atoms with Gasteiger partial charge in [0.2, 0.25) is 5.91 Å². The van der Waals surface area contributed by atoms with Crippen LogP contribution in [-0.4, -0.2) is 31.6 Å². The van der Waals surface area contributed by atoms with Gasteiger partial charge in [0.25, 0.3) is 0 Å². The van der Waals surface area contributed by atoms with Crippen LogP contribution in [0.25, 0.3) is 0 Å². The van der Waals surface area contributed by atoms with Crippen LogP contribution < -0.4 is 15.5 Å². The SMILES string of the molecule is CCNCc1c(Cl)cccc1N1CCCC2C(=O)NCC21. The van der Waals surface area contributed by atoms with E-state index in [9.17, 15) is 4.79 Å². The van der Waals surface area contributed by atoms with E-state index in [1.54, 1.807) is 0 Å². The van der Waals surface area contributed by atoms with Crippen molar-refractivity contribution in [2.24, 2.45) is 5.92 Å². The maximum absolute atomic E-state index is 11.9. The maximum Gasteiger partial charge on any atom is 0.225 e. The zero-order chi connectivity index (χ0) is 14.8. The Bertz CT molecular complexity index is 534. The number of amides is 1. The van der Waals surface area contributed by atoms with Crippen LogP contribution in [0.3, 0.4) is 0 Å². The van der Waals surface area contributed by atoms with Crippen molar-refractivity contribution in [2.45, 2.75) is 32.4 Å². The van der Waals surface area contributed by atoms with Crippen LogP contribution in [0.4, 0.5) is 5.69 Å². The van der Waals surface area contributed by atoms with Gasteiger partial charge >= 0.3 is 0 Å². The number of fused-ring (bicyclic) bond motifs is 1. The monoisotopic (exact) mass is 307 g/mol. The third kappa shape index (κ3) is 2.74. The van der Waals surface area contributed by atoms with E-state index in [1.807, 2.05) is 12.1 Å². The standard InChI is InChI=1S/C16H22ClN3O/c1-2-18-9-12-13(17)6-3-7-14(12)20-8-4-5-11-15(20)10-19-16(11)21/h3,6-7,11,15,18H,2,4-5,8-10H2,1H3,(H,19,21). The number of carbonyl (C=O) groups excluding carboxylic acids is 1. The summed E-state index contributed by atoms with van der Waals surface area (Å²) >= 11 is 6.41. The van der Waals surface area contributed by atoms with Gasteiger partial charge in [0.15, 0.2) is 0 Å². The molecule has 2 aliphatic heterocycles. The molecule has 2 N–H and O–H groups in total. The molecule has 114 valence electrons. The van der Waals surface area contributed by atoms with Crippen molar-refractivity contribution in [1.82, 2.24) is 10.6 Å². The Balaban J connectivity index is 1.92. The normalized spacial score (nSPS) is 24.9. The van der Waals surface area contributed by atoms with Gasteiger partial charge in [0.05, 0.1) is 12.0 Å². The number of hydrogen-bond donors (Lipinski definition) is 2. The van der Waals surface area contributed by atoms with Crippen molar-refractivity contribution < 1.29 is 4.79 Å². The van der Waals surface area contributed by atoms with Crippen molar-refractivity contribution in [3.05, 3.63) is 28.8 Å². The smallest absolute Gasteiger partial charge is 0.225 e. The zero-order valence-electron chi connectivity index (χ0n) is 12.4. The van der Waals surface area contributed by atoms with E-state index in [-0.39, 0.29) is 17.9 Å². The molecular formula is C16H22ClN3O. The first-order valence-corrected chi connectivity index (χ1v) is 8.12. The van der Waals surface area contributed by atoms with E-state index in [1.165, 1.54) is 5.69 Å². The molecule has 2 aliphatic rings. The minimum Gasteiger partial charge on any atom is -0.366 e. The lowest BCUT2D eigenvalue weighted by Crippen LogP contribution is -2.46. The summed E-state index contributed by atoms with van der Waals surface area (Å²) in [7, 11) is 0. The summed E-state index contributed by atoms with van der Waals surface area (Å²) in [5, 5.41) is 7.17. The lowest BCUT2D eigenvalue weighted by molar-refractivity contribution is -0.122. The number of anilines is 1. The number of benzene rings is 1. The highest BCUT2D eigenvalue weighted by Gasteiger charge is 2.41. The van der Waals surface area contributed by atoms with Crippen molar-refractivity contribution in [3.63, 3.8) is 0 Å². The second-order valence-corrected chi connectivity index (χ2v) is 6.18. The van der Waals surface area contributed by atoms with Crippen LogP contribution in [0.1, 0.15) is 25.3 Å². The van der Waals surface area contributed by atoms with Gasteiger partial charge in [-0.1, -0.05) is 24.6 Å². The van der Waals surface area contributed by atoms with Crippen molar-refractivity contribution >= 4 is 23.2 Å². The molecule has 0 spiro atoms. The molecule has 0 aromatic heterocycles. The predicted molar refractivity (Wildman–Crippen MR) is 85.7 cm³/mol. The van der Waals surface area contributed by atoms with Crippen LogP contribution in [-0.2, 0) is 11.3 Å². The summed E-state index contributed by atoms with van der Waals surface area (Å²) < 4.78 is 0. The maximum atomic E-state index is 11.9. The second-order valence-electron chi connectivity index (χ2n) is 5.77. The summed E-state index contributed by atoms with van der Waals surface area (Å²) in [6.45, 7) is 5.51. The zero-order valence-corrected chi connectivity index (χ0v) is 13.1. The first-order valence-electron chi connectivity index (χ1n) is 7.74. The van der Waals surface area contributed by atoms with Gasteiger partial charge in [-0.3, -0.25) is 4.79 Å². The van der Waals surface area contributed by atoms with Crippen LogP contribution in [0.5, 0.6) is 0 Å². The topological polar surface area (TPSA) is 44.4 Å². The predicted octanol–water partition coefficient (Wildman–Crippen LogP) is 2.16. The molecule has 21 heavy (non-hydrogen) atoms. The molecule has 1 amide bonds. The lowest BCUT2D eigenvalue weighted by Gasteiger charge is -2.39. The van der Waals surface area contributed by atoms with Crippen LogP contribution >= 0.6 is 11.6 Å². The summed E-state index contributed by atoms with van der Waals surface area (Å²) in [5.41, 5.74) is 2.32. The number of halogens is 1. The van der Waals surface area contributed by atoms with Crippen molar-refractivity contribution in [3.8, 4) is 0 Å². The number of rotatable bonds is 4. The van der Waals surface area contributed by atoms with Crippen LogP contribution in [0, 0.1) is 5.92 Å². The highest BCUT2D eigenvalue weighted by atomic mass is 35.5. The highest BCUT2D eigenvalue weighted by molar-refractivity contribution is 6.31. The van der Waals surface area contributed by atoms with Crippen LogP contribution in [0.2, 0.25) is 5.02 Å². The number of piperidine rings is 1. The highest BCUT2D eigenvalue weighted by Crippen LogP contribution is 2.35. The Kier molecular flexibility index (Phi) is 4.36. The summed E-state index contributed by atoms with van der Waals surface area (Å²) in [6, 6.07) is 6.34. The van der Waals surface area contributed by atoms with E-state index in [4.69, 9.17) is 11.6 Å². The molecule has 2 saturated heterocycles. The van der Waals surface area contributed by atoms with Gasteiger partial charge < -0.3 is 15.5 Å². The van der Waals surface area contributed by atoms with E-state index in [0.29, 0.717) is 0 Å². The summed E-state index contributed by atoms with van der Waals surface area (Å²) in [5.74, 6) is 0.338. The fraction of sp³-hybridized carbons (Fsp3) is 0.562. The summed E-state index contributed by atoms with van der Waals surface area (Å²) in [4.78, 5) is 14.3.